The van der Waals surface area contributed by atoms with Crippen LogP contribution in [-0.2, 0) is 13.2 Å². The Morgan fingerprint density at radius 2 is 1.69 bits per heavy atom. The number of nitrogens with one attached hydrogen (secondary N) is 1. The van der Waals surface area contributed by atoms with Gasteiger partial charge in [-0.3, -0.25) is 4.79 Å². The lowest BCUT2D eigenvalue weighted by Crippen LogP contribution is -2.16. The van der Waals surface area contributed by atoms with Crippen LogP contribution in [0, 0.1) is 19.7 Å². The van der Waals surface area contributed by atoms with E-state index in [2.05, 4.69) is 57.0 Å². The van der Waals surface area contributed by atoms with Crippen molar-refractivity contribution in [1.29, 1.82) is 0 Å². The molecule has 1 amide bonds. The van der Waals surface area contributed by atoms with E-state index in [0.29, 0.717) is 32.3 Å². The molecule has 0 aliphatic carbocycles. The van der Waals surface area contributed by atoms with Crippen LogP contribution in [0.15, 0.2) is 98.9 Å². The molecule has 3 aromatic carbocycles. The van der Waals surface area contributed by atoms with Crippen LogP contribution in [0.3, 0.4) is 0 Å². The van der Waals surface area contributed by atoms with Gasteiger partial charge in [0.25, 0.3) is 0 Å². The number of hydrogen-bond donors (Lipinski definition) is 1. The van der Waals surface area contributed by atoms with Crippen LogP contribution in [0.1, 0.15) is 38.8 Å². The summed E-state index contributed by atoms with van der Waals surface area (Å²) in [6.07, 6.45) is 1.45. The zero-order valence-electron chi connectivity index (χ0n) is 22.7. The van der Waals surface area contributed by atoms with Gasteiger partial charge in [0, 0.05) is 17.1 Å². The summed E-state index contributed by atoms with van der Waals surface area (Å²) in [6.45, 7) is 4.52. The number of rotatable bonds is 10. The van der Waals surface area contributed by atoms with Gasteiger partial charge in [-0.15, -0.1) is 0 Å². The van der Waals surface area contributed by atoms with Crippen molar-refractivity contribution in [2.75, 3.05) is 0 Å². The largest absolute Gasteiger partial charge is 0.486 e. The average molecular weight is 651 g/mol. The van der Waals surface area contributed by atoms with E-state index in [-0.39, 0.29) is 24.8 Å². The number of hydrogen-bond acceptors (Lipinski definition) is 5. The minimum atomic E-state index is -0.510. The molecule has 0 fully saturated rings. The second-order valence-corrected chi connectivity index (χ2v) is 10.7. The van der Waals surface area contributed by atoms with E-state index in [9.17, 15) is 9.18 Å². The molecule has 42 heavy (non-hydrogen) atoms. The third-order valence-corrected chi connectivity index (χ3v) is 7.20. The number of ether oxygens (including phenoxy) is 2. The minimum absolute atomic E-state index is 0.100. The summed E-state index contributed by atoms with van der Waals surface area (Å²) in [5.74, 6) is 0.898. The van der Waals surface area contributed by atoms with Crippen molar-refractivity contribution in [2.24, 2.45) is 5.10 Å². The van der Waals surface area contributed by atoms with Gasteiger partial charge in [0.1, 0.15) is 30.5 Å². The first-order valence-corrected chi connectivity index (χ1v) is 14.1. The topological polar surface area (TPSA) is 78.0 Å². The number of nitrogens with zero attached hydrogens (tertiary/aromatic N) is 2. The van der Waals surface area contributed by atoms with E-state index in [1.54, 1.807) is 36.4 Å². The molecule has 1 N–H and O–H groups in total. The van der Waals surface area contributed by atoms with Crippen molar-refractivity contribution in [1.82, 2.24) is 9.99 Å². The molecule has 5 aromatic rings. The number of hydrazone groups is 1. The molecule has 0 saturated heterocycles. The lowest BCUT2D eigenvalue weighted by atomic mass is 10.2. The molecule has 0 unspecified atom stereocenters. The summed E-state index contributed by atoms with van der Waals surface area (Å²) in [7, 11) is 0. The first-order chi connectivity index (χ1) is 20.3. The van der Waals surface area contributed by atoms with Gasteiger partial charge in [-0.05, 0) is 114 Å². The SMILES string of the molecule is Cc1ccc(C)n1-c1ccc(OCc2ccc(C(=O)N/N=C/c3cc(Cl)c(OCc4ccc(F)cc4)c(Br)c3)o2)cc1. The number of carbonyl (C=O) groups excluding carboxylic acids is 1. The molecule has 0 bridgehead atoms. The smallest absolute Gasteiger partial charge is 0.307 e. The molecular weight excluding hydrogens is 625 g/mol. The van der Waals surface area contributed by atoms with Crippen molar-refractivity contribution in [2.45, 2.75) is 27.1 Å². The summed E-state index contributed by atoms with van der Waals surface area (Å²) in [5, 5.41) is 4.35. The molecular formula is C32H26BrClFN3O4. The fourth-order valence-corrected chi connectivity index (χ4v) is 5.24. The molecule has 0 saturated carbocycles. The van der Waals surface area contributed by atoms with Crippen LogP contribution in [0.2, 0.25) is 5.02 Å². The summed E-state index contributed by atoms with van der Waals surface area (Å²) < 4.78 is 33.1. The Kier molecular flexibility index (Phi) is 9.09. The molecule has 214 valence electrons. The first-order valence-electron chi connectivity index (χ1n) is 12.9. The highest BCUT2D eigenvalue weighted by atomic mass is 79.9. The Morgan fingerprint density at radius 1 is 0.976 bits per heavy atom. The average Bonchev–Trinajstić information content (AvgIpc) is 3.59. The lowest BCUT2D eigenvalue weighted by Gasteiger charge is -2.11. The quantitative estimate of drug-likeness (QED) is 0.122. The molecule has 0 radical (unpaired) electrons. The Bertz CT molecular complexity index is 1690. The number of benzene rings is 3. The number of carbonyl (C=O) groups is 1. The maximum Gasteiger partial charge on any atom is 0.307 e. The number of furan rings is 1. The normalized spacial score (nSPS) is 11.2. The highest BCUT2D eigenvalue weighted by molar-refractivity contribution is 9.10. The van der Waals surface area contributed by atoms with Gasteiger partial charge >= 0.3 is 5.91 Å². The highest BCUT2D eigenvalue weighted by Gasteiger charge is 2.13. The number of aryl methyl sites for hydroxylation is 2. The number of aromatic nitrogens is 1. The highest BCUT2D eigenvalue weighted by Crippen LogP contribution is 2.34. The second kappa shape index (κ2) is 13.1. The van der Waals surface area contributed by atoms with Gasteiger partial charge in [-0.1, -0.05) is 23.7 Å². The Morgan fingerprint density at radius 3 is 2.38 bits per heavy atom. The van der Waals surface area contributed by atoms with E-state index in [1.165, 1.54) is 18.3 Å². The van der Waals surface area contributed by atoms with Crippen LogP contribution >= 0.6 is 27.5 Å². The zero-order valence-corrected chi connectivity index (χ0v) is 25.1. The molecule has 5 rings (SSSR count). The van der Waals surface area contributed by atoms with Crippen LogP contribution < -0.4 is 14.9 Å². The fraction of sp³-hybridized carbons (Fsp3) is 0.125. The monoisotopic (exact) mass is 649 g/mol. The van der Waals surface area contributed by atoms with E-state index >= 15 is 0 Å². The predicted molar refractivity (Wildman–Crippen MR) is 163 cm³/mol. The molecule has 2 aromatic heterocycles. The van der Waals surface area contributed by atoms with E-state index in [0.717, 1.165) is 22.6 Å². The summed E-state index contributed by atoms with van der Waals surface area (Å²) in [5.41, 5.74) is 7.24. The third kappa shape index (κ3) is 7.10. The summed E-state index contributed by atoms with van der Waals surface area (Å²) >= 11 is 9.84. The van der Waals surface area contributed by atoms with Crippen molar-refractivity contribution < 1.29 is 23.1 Å². The molecule has 0 aliphatic rings. The van der Waals surface area contributed by atoms with Crippen molar-refractivity contribution in [3.63, 3.8) is 0 Å². The van der Waals surface area contributed by atoms with Gasteiger partial charge in [0.2, 0.25) is 0 Å². The fourth-order valence-electron chi connectivity index (χ4n) is 4.25. The van der Waals surface area contributed by atoms with Gasteiger partial charge in [-0.25, -0.2) is 9.82 Å². The van der Waals surface area contributed by atoms with Gasteiger partial charge < -0.3 is 18.5 Å². The van der Waals surface area contributed by atoms with E-state index in [4.69, 9.17) is 25.5 Å². The second-order valence-electron chi connectivity index (χ2n) is 9.43. The molecule has 0 spiro atoms. The van der Waals surface area contributed by atoms with Gasteiger partial charge in [0.05, 0.1) is 15.7 Å². The van der Waals surface area contributed by atoms with Crippen molar-refractivity contribution in [3.8, 4) is 17.2 Å². The van der Waals surface area contributed by atoms with Crippen LogP contribution in [0.4, 0.5) is 4.39 Å². The standard InChI is InChI=1S/C32H26BrClFN3O4/c1-20-3-4-21(2)38(20)25-9-11-26(12-10-25)40-19-27-13-14-30(42-27)32(39)37-36-17-23-15-28(33)31(29(34)16-23)41-18-22-5-7-24(35)8-6-22/h3-17H,18-19H2,1-2H3,(H,37,39)/b36-17+. The van der Waals surface area contributed by atoms with Crippen molar-refractivity contribution >= 4 is 39.7 Å². The van der Waals surface area contributed by atoms with Gasteiger partial charge in [-0.2, -0.15) is 5.10 Å². The zero-order chi connectivity index (χ0) is 29.6. The van der Waals surface area contributed by atoms with E-state index < -0.39 is 5.91 Å². The maximum atomic E-state index is 13.1. The minimum Gasteiger partial charge on any atom is -0.486 e. The number of amides is 1. The molecule has 0 atom stereocenters. The lowest BCUT2D eigenvalue weighted by molar-refractivity contribution is 0.0923. The Hall–Kier alpha value is -4.34. The first kappa shape index (κ1) is 29.2. The molecule has 7 nitrogen and oxygen atoms in total. The Balaban J connectivity index is 1.12. The van der Waals surface area contributed by atoms with Crippen LogP contribution in [0.25, 0.3) is 5.69 Å². The van der Waals surface area contributed by atoms with Gasteiger partial charge in [0.15, 0.2) is 11.5 Å². The number of halogens is 3. The summed E-state index contributed by atoms with van der Waals surface area (Å²) in [6, 6.07) is 24.6. The molecule has 10 heteroatoms. The Labute approximate surface area is 255 Å². The van der Waals surface area contributed by atoms with E-state index in [1.807, 2.05) is 24.3 Å². The molecule has 0 aliphatic heterocycles. The third-order valence-electron chi connectivity index (χ3n) is 6.33. The molecule has 2 heterocycles. The predicted octanol–water partition coefficient (Wildman–Crippen LogP) is 8.16. The van der Waals surface area contributed by atoms with Crippen LogP contribution in [0.5, 0.6) is 11.5 Å². The van der Waals surface area contributed by atoms with Crippen LogP contribution in [-0.4, -0.2) is 16.7 Å². The maximum absolute atomic E-state index is 13.1. The van der Waals surface area contributed by atoms with Crippen molar-refractivity contribution in [3.05, 3.63) is 134 Å². The summed E-state index contributed by atoms with van der Waals surface area (Å²) in [4.78, 5) is 12.5.